The van der Waals surface area contributed by atoms with Crippen LogP contribution in [0.3, 0.4) is 0 Å². The predicted molar refractivity (Wildman–Crippen MR) is 94.7 cm³/mol. The normalized spacial score (nSPS) is 12.0. The number of carbonyl (C=O) groups excluding carboxylic acids is 2. The summed E-state index contributed by atoms with van der Waals surface area (Å²) in [6.07, 6.45) is -1.76. The maximum Gasteiger partial charge on any atom is 0.412 e. The van der Waals surface area contributed by atoms with Crippen molar-refractivity contribution in [3.63, 3.8) is 0 Å². The minimum absolute atomic E-state index is 0.131. The fourth-order valence-electron chi connectivity index (χ4n) is 2.04. The van der Waals surface area contributed by atoms with Gasteiger partial charge in [0.15, 0.2) is 0 Å². The van der Waals surface area contributed by atoms with E-state index in [-0.39, 0.29) is 6.42 Å². The number of carboxylic acid groups (broad SMARTS) is 1. The van der Waals surface area contributed by atoms with Crippen LogP contribution in [0.1, 0.15) is 26.3 Å². The molecule has 0 fully saturated rings. The van der Waals surface area contributed by atoms with E-state index in [9.17, 15) is 14.4 Å². The number of hydrogen-bond donors (Lipinski definition) is 3. The fourth-order valence-corrected chi connectivity index (χ4v) is 2.04. The van der Waals surface area contributed by atoms with Crippen molar-refractivity contribution in [3.8, 4) is 0 Å². The molecule has 144 valence electrons. The van der Waals surface area contributed by atoms with Crippen molar-refractivity contribution in [2.24, 2.45) is 0 Å². The van der Waals surface area contributed by atoms with Crippen molar-refractivity contribution < 1.29 is 29.1 Å². The largest absolute Gasteiger partial charge is 0.465 e. The van der Waals surface area contributed by atoms with Crippen molar-refractivity contribution >= 4 is 23.8 Å². The van der Waals surface area contributed by atoms with Crippen LogP contribution in [0.4, 0.5) is 15.3 Å². The zero-order valence-electron chi connectivity index (χ0n) is 15.5. The van der Waals surface area contributed by atoms with Crippen molar-refractivity contribution in [2.45, 2.75) is 38.8 Å². The summed E-state index contributed by atoms with van der Waals surface area (Å²) in [5, 5.41) is 14.6. The third-order valence-electron chi connectivity index (χ3n) is 3.22. The molecule has 0 radical (unpaired) electrons. The standard InChI is InChI=1S/C17H25N3O6/c1-17(2,3)26-16(24)18-12-8-6-11(7-9-12)10-13(19-15(22)23)14(21)20(4)25-5/h6-9,13,19H,10H2,1-5H3,(H,18,24)(H,22,23). The predicted octanol–water partition coefficient (Wildman–Crippen LogP) is 2.23. The van der Waals surface area contributed by atoms with Crippen molar-refractivity contribution in [1.82, 2.24) is 10.4 Å². The number of likely N-dealkylation sites (N-methyl/N-ethyl adjacent to an activating group) is 1. The molecule has 1 atom stereocenters. The van der Waals surface area contributed by atoms with Crippen LogP contribution in [-0.2, 0) is 20.8 Å². The van der Waals surface area contributed by atoms with Gasteiger partial charge in [-0.3, -0.25) is 14.9 Å². The van der Waals surface area contributed by atoms with Crippen LogP contribution in [-0.4, -0.2) is 54.1 Å². The average Bonchev–Trinajstić information content (AvgIpc) is 2.52. The van der Waals surface area contributed by atoms with Crippen molar-refractivity contribution in [1.29, 1.82) is 0 Å². The molecule has 1 unspecified atom stereocenters. The summed E-state index contributed by atoms with van der Waals surface area (Å²) >= 11 is 0. The van der Waals surface area contributed by atoms with Crippen molar-refractivity contribution in [3.05, 3.63) is 29.8 Å². The maximum atomic E-state index is 12.2. The lowest BCUT2D eigenvalue weighted by atomic mass is 10.0. The minimum atomic E-state index is -1.31. The van der Waals surface area contributed by atoms with E-state index >= 15 is 0 Å². The second kappa shape index (κ2) is 9.04. The van der Waals surface area contributed by atoms with Gasteiger partial charge in [-0.15, -0.1) is 0 Å². The van der Waals surface area contributed by atoms with Gasteiger partial charge in [0.2, 0.25) is 0 Å². The topological polar surface area (TPSA) is 117 Å². The van der Waals surface area contributed by atoms with E-state index in [2.05, 4.69) is 10.6 Å². The summed E-state index contributed by atoms with van der Waals surface area (Å²) in [4.78, 5) is 39.6. The molecule has 3 N–H and O–H groups in total. The maximum absolute atomic E-state index is 12.2. The molecule has 9 heteroatoms. The Labute approximate surface area is 152 Å². The van der Waals surface area contributed by atoms with Crippen LogP contribution in [0.25, 0.3) is 0 Å². The van der Waals surface area contributed by atoms with E-state index in [4.69, 9.17) is 14.7 Å². The molecule has 3 amide bonds. The zero-order chi connectivity index (χ0) is 19.9. The van der Waals surface area contributed by atoms with Gasteiger partial charge >= 0.3 is 12.2 Å². The number of hydrogen-bond acceptors (Lipinski definition) is 5. The van der Waals surface area contributed by atoms with Crippen LogP contribution < -0.4 is 10.6 Å². The first-order valence-electron chi connectivity index (χ1n) is 7.92. The number of carbonyl (C=O) groups is 3. The second-order valence-corrected chi connectivity index (χ2v) is 6.55. The van der Waals surface area contributed by atoms with Gasteiger partial charge in [0, 0.05) is 19.2 Å². The van der Waals surface area contributed by atoms with E-state index in [1.807, 2.05) is 0 Å². The summed E-state index contributed by atoms with van der Waals surface area (Å²) in [7, 11) is 2.71. The van der Waals surface area contributed by atoms with Gasteiger partial charge in [0.1, 0.15) is 11.6 Å². The lowest BCUT2D eigenvalue weighted by Gasteiger charge is -2.22. The van der Waals surface area contributed by atoms with Gasteiger partial charge in [-0.1, -0.05) is 12.1 Å². The van der Waals surface area contributed by atoms with Gasteiger partial charge in [-0.25, -0.2) is 14.7 Å². The zero-order valence-corrected chi connectivity index (χ0v) is 15.5. The van der Waals surface area contributed by atoms with E-state index < -0.39 is 29.7 Å². The molecule has 0 saturated carbocycles. The van der Waals surface area contributed by atoms with Crippen LogP contribution in [0.5, 0.6) is 0 Å². The number of nitrogens with one attached hydrogen (secondary N) is 2. The molecule has 0 spiro atoms. The monoisotopic (exact) mass is 367 g/mol. The molecule has 1 aromatic carbocycles. The summed E-state index contributed by atoms with van der Waals surface area (Å²) < 4.78 is 5.16. The Bertz CT molecular complexity index is 639. The Hall–Kier alpha value is -2.81. The van der Waals surface area contributed by atoms with Crippen LogP contribution in [0.2, 0.25) is 0 Å². The minimum Gasteiger partial charge on any atom is -0.465 e. The molecule has 0 aromatic heterocycles. The van der Waals surface area contributed by atoms with E-state index in [0.29, 0.717) is 11.3 Å². The molecule has 1 aromatic rings. The second-order valence-electron chi connectivity index (χ2n) is 6.55. The smallest absolute Gasteiger partial charge is 0.412 e. The Morgan fingerprint density at radius 2 is 1.77 bits per heavy atom. The first kappa shape index (κ1) is 21.2. The van der Waals surface area contributed by atoms with E-state index in [0.717, 1.165) is 5.06 Å². The molecule has 0 aliphatic heterocycles. The highest BCUT2D eigenvalue weighted by Crippen LogP contribution is 2.14. The molecular formula is C17H25N3O6. The average molecular weight is 367 g/mol. The highest BCUT2D eigenvalue weighted by molar-refractivity contribution is 5.85. The van der Waals surface area contributed by atoms with Gasteiger partial charge < -0.3 is 15.2 Å². The van der Waals surface area contributed by atoms with E-state index in [1.165, 1.54) is 14.2 Å². The first-order chi connectivity index (χ1) is 12.0. The Morgan fingerprint density at radius 1 is 1.19 bits per heavy atom. The molecule has 0 aliphatic carbocycles. The molecule has 1 rings (SSSR count). The van der Waals surface area contributed by atoms with Crippen LogP contribution in [0, 0.1) is 0 Å². The van der Waals surface area contributed by atoms with Gasteiger partial charge in [0.05, 0.1) is 7.11 Å². The summed E-state index contributed by atoms with van der Waals surface area (Å²) in [5.74, 6) is -0.522. The number of rotatable bonds is 6. The molecule has 0 heterocycles. The molecule has 26 heavy (non-hydrogen) atoms. The Morgan fingerprint density at radius 3 is 2.23 bits per heavy atom. The number of benzene rings is 1. The molecule has 9 nitrogen and oxygen atoms in total. The summed E-state index contributed by atoms with van der Waals surface area (Å²) in [6, 6.07) is 5.65. The van der Waals surface area contributed by atoms with Gasteiger partial charge in [0.25, 0.3) is 5.91 Å². The third kappa shape index (κ3) is 7.39. The highest BCUT2D eigenvalue weighted by atomic mass is 16.7. The SMILES string of the molecule is CON(C)C(=O)C(Cc1ccc(NC(=O)OC(C)(C)C)cc1)NC(=O)O. The lowest BCUT2D eigenvalue weighted by Crippen LogP contribution is -2.47. The third-order valence-corrected chi connectivity index (χ3v) is 3.22. The number of amides is 3. The highest BCUT2D eigenvalue weighted by Gasteiger charge is 2.24. The van der Waals surface area contributed by atoms with Crippen LogP contribution in [0.15, 0.2) is 24.3 Å². The number of anilines is 1. The fraction of sp³-hybridized carbons (Fsp3) is 0.471. The van der Waals surface area contributed by atoms with Crippen molar-refractivity contribution in [2.75, 3.05) is 19.5 Å². The number of hydroxylamine groups is 2. The molecule has 0 aliphatic rings. The molecule has 0 bridgehead atoms. The lowest BCUT2D eigenvalue weighted by molar-refractivity contribution is -0.170. The Balaban J connectivity index is 2.77. The summed E-state index contributed by atoms with van der Waals surface area (Å²) in [5.41, 5.74) is 0.621. The summed E-state index contributed by atoms with van der Waals surface area (Å²) in [6.45, 7) is 5.29. The number of ether oxygens (including phenoxy) is 1. The number of nitrogens with zero attached hydrogens (tertiary/aromatic N) is 1. The molecular weight excluding hydrogens is 342 g/mol. The van der Waals surface area contributed by atoms with Crippen LogP contribution >= 0.6 is 0 Å². The first-order valence-corrected chi connectivity index (χ1v) is 7.92. The quantitative estimate of drug-likeness (QED) is 0.664. The van der Waals surface area contributed by atoms with Gasteiger partial charge in [-0.2, -0.15) is 0 Å². The van der Waals surface area contributed by atoms with E-state index in [1.54, 1.807) is 45.0 Å². The van der Waals surface area contributed by atoms with Gasteiger partial charge in [-0.05, 0) is 38.5 Å². The molecule has 0 saturated heterocycles. The Kier molecular flexibility index (Phi) is 7.39.